The fourth-order valence-electron chi connectivity index (χ4n) is 2.18. The van der Waals surface area contributed by atoms with Crippen LogP contribution in [-0.4, -0.2) is 23.7 Å². The number of para-hydroxylation sites is 1. The van der Waals surface area contributed by atoms with Crippen molar-refractivity contribution in [2.45, 2.75) is 26.7 Å². The van der Waals surface area contributed by atoms with Crippen molar-refractivity contribution >= 4 is 12.2 Å². The van der Waals surface area contributed by atoms with Crippen molar-refractivity contribution in [2.75, 3.05) is 13.7 Å². The summed E-state index contributed by atoms with van der Waals surface area (Å²) in [7, 11) is 1.61. The monoisotopic (exact) mass is 314 g/mol. The molecule has 122 valence electrons. The van der Waals surface area contributed by atoms with Crippen molar-refractivity contribution in [3.8, 4) is 11.5 Å². The average molecular weight is 314 g/mol. The molecule has 1 aromatic heterocycles. The summed E-state index contributed by atoms with van der Waals surface area (Å²) in [5.41, 5.74) is 1.33. The van der Waals surface area contributed by atoms with Gasteiger partial charge in [0, 0.05) is 17.5 Å². The van der Waals surface area contributed by atoms with Crippen molar-refractivity contribution in [1.82, 2.24) is 9.97 Å². The van der Waals surface area contributed by atoms with Gasteiger partial charge in [0.1, 0.15) is 5.82 Å². The first kappa shape index (κ1) is 16.8. The molecule has 0 unspecified atom stereocenters. The largest absolute Gasteiger partial charge is 0.492 e. The van der Waals surface area contributed by atoms with Gasteiger partial charge in [0.15, 0.2) is 11.5 Å². The topological polar surface area (TPSA) is 64.2 Å². The van der Waals surface area contributed by atoms with E-state index in [1.54, 1.807) is 13.2 Å². The van der Waals surface area contributed by atoms with Crippen LogP contribution in [0.1, 0.15) is 43.8 Å². The van der Waals surface area contributed by atoms with Crippen molar-refractivity contribution < 1.29 is 9.47 Å². The molecule has 0 spiro atoms. The highest BCUT2D eigenvalue weighted by Crippen LogP contribution is 2.32. The van der Waals surface area contributed by atoms with Crippen molar-refractivity contribution in [3.63, 3.8) is 0 Å². The second-order valence-corrected chi connectivity index (χ2v) is 5.36. The molecule has 0 atom stereocenters. The molecule has 23 heavy (non-hydrogen) atoms. The summed E-state index contributed by atoms with van der Waals surface area (Å²) in [6, 6.07) is 7.16. The van der Waals surface area contributed by atoms with E-state index >= 15 is 0 Å². The van der Waals surface area contributed by atoms with Crippen LogP contribution in [0.5, 0.6) is 11.5 Å². The Morgan fingerprint density at radius 1 is 1.30 bits per heavy atom. The SMILES string of the molecule is CCOc1cccc(/C=C/c2cc(=O)[nH]c(C(C)C)n2)c1OC. The number of hydrogen-bond acceptors (Lipinski definition) is 4. The Labute approximate surface area is 136 Å². The quantitative estimate of drug-likeness (QED) is 0.886. The summed E-state index contributed by atoms with van der Waals surface area (Å²) >= 11 is 0. The van der Waals surface area contributed by atoms with Gasteiger partial charge in [-0.25, -0.2) is 4.98 Å². The zero-order valence-corrected chi connectivity index (χ0v) is 13.9. The summed E-state index contributed by atoms with van der Waals surface area (Å²) in [5.74, 6) is 2.19. The molecule has 0 aliphatic heterocycles. The third-order valence-corrected chi connectivity index (χ3v) is 3.27. The zero-order valence-electron chi connectivity index (χ0n) is 13.9. The Morgan fingerprint density at radius 2 is 2.09 bits per heavy atom. The number of nitrogens with one attached hydrogen (secondary N) is 1. The lowest BCUT2D eigenvalue weighted by molar-refractivity contribution is 0.310. The fourth-order valence-corrected chi connectivity index (χ4v) is 2.18. The number of nitrogens with zero attached hydrogens (tertiary/aromatic N) is 1. The van der Waals surface area contributed by atoms with Gasteiger partial charge in [-0.1, -0.05) is 26.0 Å². The van der Waals surface area contributed by atoms with Gasteiger partial charge >= 0.3 is 0 Å². The van der Waals surface area contributed by atoms with Crippen molar-refractivity contribution in [3.05, 3.63) is 51.7 Å². The molecule has 0 aliphatic rings. The van der Waals surface area contributed by atoms with Gasteiger partial charge in [-0.05, 0) is 25.1 Å². The second kappa shape index (κ2) is 7.63. The highest BCUT2D eigenvalue weighted by atomic mass is 16.5. The smallest absolute Gasteiger partial charge is 0.251 e. The lowest BCUT2D eigenvalue weighted by Gasteiger charge is -2.11. The van der Waals surface area contributed by atoms with E-state index in [-0.39, 0.29) is 11.5 Å². The van der Waals surface area contributed by atoms with E-state index in [1.165, 1.54) is 6.07 Å². The number of hydrogen-bond donors (Lipinski definition) is 1. The van der Waals surface area contributed by atoms with Gasteiger partial charge in [0.25, 0.3) is 5.56 Å². The molecule has 5 heteroatoms. The normalized spacial score (nSPS) is 11.2. The third kappa shape index (κ3) is 4.22. The van der Waals surface area contributed by atoms with Crippen LogP contribution in [0.15, 0.2) is 29.1 Å². The summed E-state index contributed by atoms with van der Waals surface area (Å²) in [6.07, 6.45) is 3.67. The first-order chi connectivity index (χ1) is 11.0. The minimum absolute atomic E-state index is 0.154. The Morgan fingerprint density at radius 3 is 2.74 bits per heavy atom. The molecule has 0 fully saturated rings. The van der Waals surface area contributed by atoms with E-state index in [2.05, 4.69) is 9.97 Å². The highest BCUT2D eigenvalue weighted by Gasteiger charge is 2.08. The highest BCUT2D eigenvalue weighted by molar-refractivity contribution is 5.73. The number of ether oxygens (including phenoxy) is 2. The summed E-state index contributed by atoms with van der Waals surface area (Å²) in [6.45, 7) is 6.47. The Bertz CT molecular complexity index is 748. The summed E-state index contributed by atoms with van der Waals surface area (Å²) in [4.78, 5) is 18.9. The summed E-state index contributed by atoms with van der Waals surface area (Å²) < 4.78 is 11.0. The van der Waals surface area contributed by atoms with Crippen LogP contribution in [0.25, 0.3) is 12.2 Å². The van der Waals surface area contributed by atoms with Gasteiger partial charge < -0.3 is 14.5 Å². The molecule has 1 heterocycles. The average Bonchev–Trinajstić information content (AvgIpc) is 2.52. The number of methoxy groups -OCH3 is 1. The maximum Gasteiger partial charge on any atom is 0.251 e. The van der Waals surface area contributed by atoms with Crippen molar-refractivity contribution in [2.24, 2.45) is 0 Å². The molecular formula is C18H22N2O3. The molecule has 1 aromatic carbocycles. The van der Waals surface area contributed by atoms with Crippen molar-refractivity contribution in [1.29, 1.82) is 0 Å². The van der Waals surface area contributed by atoms with Crippen LogP contribution in [0, 0.1) is 0 Å². The van der Waals surface area contributed by atoms with Gasteiger partial charge in [-0.15, -0.1) is 0 Å². The van der Waals surface area contributed by atoms with Crippen LogP contribution in [0.2, 0.25) is 0 Å². The molecule has 0 amide bonds. The third-order valence-electron chi connectivity index (χ3n) is 3.27. The minimum Gasteiger partial charge on any atom is -0.492 e. The van der Waals surface area contributed by atoms with Gasteiger partial charge in [-0.2, -0.15) is 0 Å². The van der Waals surface area contributed by atoms with E-state index in [9.17, 15) is 4.79 Å². The van der Waals surface area contributed by atoms with Crippen LogP contribution in [0.3, 0.4) is 0 Å². The molecule has 0 radical (unpaired) electrons. The van der Waals surface area contributed by atoms with Crippen LogP contribution < -0.4 is 15.0 Å². The lowest BCUT2D eigenvalue weighted by atomic mass is 10.1. The Hall–Kier alpha value is -2.56. The van der Waals surface area contributed by atoms with Gasteiger partial charge in [0.2, 0.25) is 0 Å². The van der Waals surface area contributed by atoms with E-state index in [0.717, 1.165) is 5.56 Å². The van der Waals surface area contributed by atoms with Crippen LogP contribution in [0.4, 0.5) is 0 Å². The Kier molecular flexibility index (Phi) is 5.57. The predicted octanol–water partition coefficient (Wildman–Crippen LogP) is 3.47. The lowest BCUT2D eigenvalue weighted by Crippen LogP contribution is -2.12. The Balaban J connectivity index is 2.37. The van der Waals surface area contributed by atoms with Crippen LogP contribution >= 0.6 is 0 Å². The second-order valence-electron chi connectivity index (χ2n) is 5.36. The zero-order chi connectivity index (χ0) is 16.8. The molecular weight excluding hydrogens is 292 g/mol. The molecule has 2 rings (SSSR count). The summed E-state index contributed by atoms with van der Waals surface area (Å²) in [5, 5.41) is 0. The molecule has 5 nitrogen and oxygen atoms in total. The molecule has 0 bridgehead atoms. The number of benzene rings is 1. The standard InChI is InChI=1S/C18H22N2O3/c1-5-23-15-8-6-7-13(17(15)22-4)9-10-14-11-16(21)20-18(19-14)12(2)3/h6-12H,5H2,1-4H3,(H,19,20,21)/b10-9+. The fraction of sp³-hybridized carbons (Fsp3) is 0.333. The molecule has 2 aromatic rings. The maximum atomic E-state index is 11.7. The number of aromatic nitrogens is 2. The number of aromatic amines is 1. The maximum absolute atomic E-state index is 11.7. The first-order valence-electron chi connectivity index (χ1n) is 7.64. The van der Waals surface area contributed by atoms with E-state index in [1.807, 2.05) is 45.0 Å². The minimum atomic E-state index is -0.154. The number of rotatable bonds is 6. The van der Waals surface area contributed by atoms with Gasteiger partial charge in [-0.3, -0.25) is 4.79 Å². The van der Waals surface area contributed by atoms with Gasteiger partial charge in [0.05, 0.1) is 19.4 Å². The molecule has 1 N–H and O–H groups in total. The predicted molar refractivity (Wildman–Crippen MR) is 92.0 cm³/mol. The molecule has 0 aliphatic carbocycles. The van der Waals surface area contributed by atoms with Crippen LogP contribution in [-0.2, 0) is 0 Å². The van der Waals surface area contributed by atoms with E-state index < -0.39 is 0 Å². The first-order valence-corrected chi connectivity index (χ1v) is 7.64. The molecule has 0 saturated heterocycles. The number of H-pyrrole nitrogens is 1. The van der Waals surface area contributed by atoms with E-state index in [4.69, 9.17) is 9.47 Å². The van der Waals surface area contributed by atoms with E-state index in [0.29, 0.717) is 29.6 Å². The molecule has 0 saturated carbocycles.